The first-order valence-corrected chi connectivity index (χ1v) is 13.1. The average Bonchev–Trinajstić information content (AvgIpc) is 2.96. The molecule has 0 aliphatic rings. The van der Waals surface area contributed by atoms with E-state index in [1.165, 1.54) is 26.4 Å². The minimum atomic E-state index is -1.54. The van der Waals surface area contributed by atoms with Crippen molar-refractivity contribution in [2.75, 3.05) is 34.0 Å². The van der Waals surface area contributed by atoms with Gasteiger partial charge in [-0.15, -0.1) is 0 Å². The van der Waals surface area contributed by atoms with Gasteiger partial charge < -0.3 is 29.7 Å². The lowest BCUT2D eigenvalue weighted by molar-refractivity contribution is 0.0488. The summed E-state index contributed by atoms with van der Waals surface area (Å²) in [6.07, 6.45) is 3.61. The van der Waals surface area contributed by atoms with Crippen molar-refractivity contribution in [3.63, 3.8) is 0 Å². The molecule has 0 fully saturated rings. The molecule has 8 nitrogen and oxygen atoms in total. The van der Waals surface area contributed by atoms with Crippen LogP contribution < -0.4 is 19.5 Å². The number of methoxy groups -OCH3 is 2. The van der Waals surface area contributed by atoms with Gasteiger partial charge in [0.1, 0.15) is 29.5 Å². The molecule has 1 aromatic heterocycles. The smallest absolute Gasteiger partial charge is 0.251 e. The van der Waals surface area contributed by atoms with E-state index in [9.17, 15) is 14.3 Å². The molecule has 2 aromatic carbocycles. The molecule has 0 saturated heterocycles. The Morgan fingerprint density at radius 3 is 2.50 bits per heavy atom. The summed E-state index contributed by atoms with van der Waals surface area (Å²) in [6, 6.07) is 12.9. The van der Waals surface area contributed by atoms with Gasteiger partial charge in [-0.2, -0.15) is 0 Å². The van der Waals surface area contributed by atoms with Gasteiger partial charge in [0.05, 0.1) is 33.1 Å². The molecule has 0 aliphatic carbocycles. The molecule has 0 spiro atoms. The molecule has 0 bridgehead atoms. The van der Waals surface area contributed by atoms with Crippen molar-refractivity contribution in [2.24, 2.45) is 0 Å². The zero-order valence-corrected chi connectivity index (χ0v) is 23.6. The summed E-state index contributed by atoms with van der Waals surface area (Å²) >= 11 is 0. The van der Waals surface area contributed by atoms with Gasteiger partial charge >= 0.3 is 0 Å². The number of nitrogens with one attached hydrogen (secondary N) is 1. The number of ether oxygens (including phenoxy) is 3. The average molecular weight is 553 g/mol. The Morgan fingerprint density at radius 1 is 1.10 bits per heavy atom. The maximum atomic E-state index is 14.5. The Bertz CT molecular complexity index is 1360. The van der Waals surface area contributed by atoms with Crippen LogP contribution in [0.1, 0.15) is 59.6 Å². The SMILES string of the molecule is CCC/C=C(\c1cccc(F)c1C)c1nc(C(C)(O)CNC(=O)c2ccc(OCCO)c(OC)c2)ccc1OC. The summed E-state index contributed by atoms with van der Waals surface area (Å²) in [5.74, 6) is 0.461. The summed E-state index contributed by atoms with van der Waals surface area (Å²) in [5, 5.41) is 23.1. The van der Waals surface area contributed by atoms with Gasteiger partial charge in [0, 0.05) is 11.1 Å². The highest BCUT2D eigenvalue weighted by atomic mass is 19.1. The number of hydrogen-bond acceptors (Lipinski definition) is 7. The highest BCUT2D eigenvalue weighted by Crippen LogP contribution is 2.34. The van der Waals surface area contributed by atoms with Crippen LogP contribution in [0.3, 0.4) is 0 Å². The maximum Gasteiger partial charge on any atom is 0.251 e. The summed E-state index contributed by atoms with van der Waals surface area (Å²) in [6.45, 7) is 5.12. The van der Waals surface area contributed by atoms with Crippen LogP contribution in [0.5, 0.6) is 17.2 Å². The maximum absolute atomic E-state index is 14.5. The van der Waals surface area contributed by atoms with E-state index < -0.39 is 11.5 Å². The molecule has 40 heavy (non-hydrogen) atoms. The van der Waals surface area contributed by atoms with Crippen LogP contribution >= 0.6 is 0 Å². The second-order valence-corrected chi connectivity index (χ2v) is 9.46. The topological polar surface area (TPSA) is 110 Å². The number of amides is 1. The highest BCUT2D eigenvalue weighted by molar-refractivity contribution is 5.95. The van der Waals surface area contributed by atoms with Crippen molar-refractivity contribution in [2.45, 2.75) is 39.2 Å². The van der Waals surface area contributed by atoms with Crippen molar-refractivity contribution in [1.29, 1.82) is 0 Å². The van der Waals surface area contributed by atoms with Gasteiger partial charge in [-0.1, -0.05) is 31.6 Å². The molecule has 3 N–H and O–H groups in total. The standard InChI is InChI=1S/C31H37FN2O6/c1-6-7-9-23(22-10-8-11-24(32)20(22)2)29-26(38-4)14-15-28(34-29)31(3,37)19-33-30(36)21-12-13-25(40-17-16-35)27(18-21)39-5/h8-15,18,35,37H,6-7,16-17,19H2,1-5H3,(H,33,36)/b23-9+. The zero-order valence-electron chi connectivity index (χ0n) is 23.6. The fraction of sp³-hybridized carbons (Fsp3) is 0.355. The van der Waals surface area contributed by atoms with Crippen LogP contribution in [-0.2, 0) is 5.60 Å². The highest BCUT2D eigenvalue weighted by Gasteiger charge is 2.28. The number of unbranched alkanes of at least 4 members (excludes halogenated alkanes) is 1. The minimum absolute atomic E-state index is 0.0930. The van der Waals surface area contributed by atoms with E-state index in [0.717, 1.165) is 12.8 Å². The van der Waals surface area contributed by atoms with E-state index in [4.69, 9.17) is 24.3 Å². The van der Waals surface area contributed by atoms with Gasteiger partial charge in [0.25, 0.3) is 5.91 Å². The number of allylic oxidation sites excluding steroid dienone is 1. The fourth-order valence-corrected chi connectivity index (χ4v) is 4.15. The first-order valence-electron chi connectivity index (χ1n) is 13.1. The van der Waals surface area contributed by atoms with Crippen molar-refractivity contribution < 1.29 is 33.6 Å². The number of aliphatic hydroxyl groups is 2. The second-order valence-electron chi connectivity index (χ2n) is 9.46. The van der Waals surface area contributed by atoms with Crippen molar-refractivity contribution in [3.8, 4) is 17.2 Å². The largest absolute Gasteiger partial charge is 0.494 e. The third-order valence-electron chi connectivity index (χ3n) is 6.45. The summed E-state index contributed by atoms with van der Waals surface area (Å²) < 4.78 is 30.8. The van der Waals surface area contributed by atoms with Gasteiger partial charge in [0.15, 0.2) is 11.5 Å². The molecule has 1 atom stereocenters. The monoisotopic (exact) mass is 552 g/mol. The van der Waals surface area contributed by atoms with Crippen molar-refractivity contribution in [1.82, 2.24) is 10.3 Å². The Hall–Kier alpha value is -3.95. The van der Waals surface area contributed by atoms with E-state index in [-0.39, 0.29) is 25.6 Å². The van der Waals surface area contributed by atoms with E-state index in [1.54, 1.807) is 44.2 Å². The first-order chi connectivity index (χ1) is 19.2. The van der Waals surface area contributed by atoms with Crippen LogP contribution in [0.15, 0.2) is 54.6 Å². The van der Waals surface area contributed by atoms with Gasteiger partial charge in [-0.25, -0.2) is 9.37 Å². The third kappa shape index (κ3) is 7.16. The van der Waals surface area contributed by atoms with Crippen molar-refractivity contribution >= 4 is 11.5 Å². The number of hydrogen-bond donors (Lipinski definition) is 3. The predicted molar refractivity (Wildman–Crippen MR) is 151 cm³/mol. The molecule has 0 aliphatic heterocycles. The Kier molecular flexibility index (Phi) is 10.6. The summed E-state index contributed by atoms with van der Waals surface area (Å²) in [7, 11) is 2.98. The van der Waals surface area contributed by atoms with Crippen molar-refractivity contribution in [3.05, 3.63) is 88.5 Å². The van der Waals surface area contributed by atoms with Crippen LogP contribution in [0.25, 0.3) is 5.57 Å². The molecule has 214 valence electrons. The number of halogens is 1. The second kappa shape index (κ2) is 13.9. The Balaban J connectivity index is 1.90. The lowest BCUT2D eigenvalue weighted by Crippen LogP contribution is -2.39. The number of aromatic nitrogens is 1. The molecular formula is C31H37FN2O6. The fourth-order valence-electron chi connectivity index (χ4n) is 4.15. The van der Waals surface area contributed by atoms with Gasteiger partial charge in [0.2, 0.25) is 0 Å². The van der Waals surface area contributed by atoms with E-state index >= 15 is 0 Å². The summed E-state index contributed by atoms with van der Waals surface area (Å²) in [4.78, 5) is 17.7. The quantitative estimate of drug-likeness (QED) is 0.280. The van der Waals surface area contributed by atoms with Crippen LogP contribution in [0.2, 0.25) is 0 Å². The molecule has 1 amide bonds. The number of carbonyl (C=O) groups excluding carboxylic acids is 1. The lowest BCUT2D eigenvalue weighted by atomic mass is 9.94. The van der Waals surface area contributed by atoms with Crippen LogP contribution in [-0.4, -0.2) is 55.1 Å². The van der Waals surface area contributed by atoms with Crippen LogP contribution in [0.4, 0.5) is 4.39 Å². The first kappa shape index (κ1) is 30.6. The number of pyridine rings is 1. The van der Waals surface area contributed by atoms with Gasteiger partial charge in [-0.3, -0.25) is 4.79 Å². The molecule has 3 rings (SSSR count). The molecule has 0 saturated carbocycles. The van der Waals surface area contributed by atoms with E-state index in [0.29, 0.717) is 50.9 Å². The lowest BCUT2D eigenvalue weighted by Gasteiger charge is -2.25. The minimum Gasteiger partial charge on any atom is -0.494 e. The molecule has 3 aromatic rings. The van der Waals surface area contributed by atoms with Gasteiger partial charge in [-0.05, 0) is 67.8 Å². The predicted octanol–water partition coefficient (Wildman–Crippen LogP) is 4.79. The molecule has 1 unspecified atom stereocenters. The number of nitrogens with zero attached hydrogens (tertiary/aromatic N) is 1. The number of benzene rings is 2. The number of rotatable bonds is 13. The normalized spacial score (nSPS) is 12.9. The van der Waals surface area contributed by atoms with Crippen LogP contribution in [0, 0.1) is 12.7 Å². The zero-order chi connectivity index (χ0) is 29.3. The Labute approximate surface area is 234 Å². The molecule has 9 heteroatoms. The number of carbonyl (C=O) groups is 1. The Morgan fingerprint density at radius 2 is 1.82 bits per heavy atom. The molecule has 1 heterocycles. The van der Waals surface area contributed by atoms with E-state index in [2.05, 4.69) is 5.32 Å². The molecular weight excluding hydrogens is 515 g/mol. The van der Waals surface area contributed by atoms with E-state index in [1.807, 2.05) is 19.1 Å². The molecule has 0 radical (unpaired) electrons. The third-order valence-corrected chi connectivity index (χ3v) is 6.45. The number of aliphatic hydroxyl groups excluding tert-OH is 1. The summed E-state index contributed by atoms with van der Waals surface area (Å²) in [5.41, 5.74) is 1.41.